The third-order valence-electron chi connectivity index (χ3n) is 5.73. The highest BCUT2D eigenvalue weighted by Crippen LogP contribution is 2.25. The van der Waals surface area contributed by atoms with E-state index < -0.39 is 6.36 Å². The Kier molecular flexibility index (Phi) is 8.07. The standard InChI is InChI=1S/C25H27F3N6O3/c1-16-3-6-19(13-22(16)31-17(2)35)32-23-29-15-30-24(33-23)34-11-9-20(10-12-34)36-14-18-4-7-21(8-5-18)37-25(26,27)28/h3-8,13,15,20H,9-12,14H2,1-2H3,(H,31,35)(H,29,30,32,33). The number of nitrogens with one attached hydrogen (secondary N) is 2. The van der Waals surface area contributed by atoms with Crippen molar-refractivity contribution in [2.45, 2.75) is 45.8 Å². The van der Waals surface area contributed by atoms with Crippen LogP contribution < -0.4 is 20.3 Å². The first kappa shape index (κ1) is 26.1. The number of amides is 1. The first-order valence-corrected chi connectivity index (χ1v) is 11.7. The van der Waals surface area contributed by atoms with Crippen LogP contribution in [0.1, 0.15) is 30.9 Å². The fourth-order valence-electron chi connectivity index (χ4n) is 3.88. The quantitative estimate of drug-likeness (QED) is 0.433. The van der Waals surface area contributed by atoms with Gasteiger partial charge in [-0.3, -0.25) is 4.79 Å². The lowest BCUT2D eigenvalue weighted by Gasteiger charge is -2.32. The van der Waals surface area contributed by atoms with Crippen LogP contribution in [-0.2, 0) is 16.1 Å². The Labute approximate surface area is 212 Å². The molecule has 1 fully saturated rings. The highest BCUT2D eigenvalue weighted by atomic mass is 19.4. The van der Waals surface area contributed by atoms with E-state index >= 15 is 0 Å². The number of hydrogen-bond acceptors (Lipinski definition) is 8. The predicted octanol–water partition coefficient (Wildman–Crippen LogP) is 4.97. The zero-order chi connectivity index (χ0) is 26.4. The van der Waals surface area contributed by atoms with Crippen molar-refractivity contribution in [1.29, 1.82) is 0 Å². The van der Waals surface area contributed by atoms with Crippen LogP contribution in [-0.4, -0.2) is 46.4 Å². The molecule has 1 aromatic heterocycles. The largest absolute Gasteiger partial charge is 0.573 e. The van der Waals surface area contributed by atoms with Crippen molar-refractivity contribution in [2.24, 2.45) is 0 Å². The van der Waals surface area contributed by atoms with Gasteiger partial charge in [-0.2, -0.15) is 4.98 Å². The molecular formula is C25H27F3N6O3. The third-order valence-corrected chi connectivity index (χ3v) is 5.73. The maximum absolute atomic E-state index is 12.3. The number of benzene rings is 2. The van der Waals surface area contributed by atoms with Gasteiger partial charge in [0.2, 0.25) is 17.8 Å². The van der Waals surface area contributed by atoms with Crippen LogP contribution in [0.3, 0.4) is 0 Å². The van der Waals surface area contributed by atoms with Crippen LogP contribution in [0.15, 0.2) is 48.8 Å². The number of carbonyl (C=O) groups is 1. The Morgan fingerprint density at radius 2 is 1.84 bits per heavy atom. The van der Waals surface area contributed by atoms with Crippen molar-refractivity contribution in [1.82, 2.24) is 15.0 Å². The normalized spacial score (nSPS) is 14.4. The lowest BCUT2D eigenvalue weighted by atomic mass is 10.1. The predicted molar refractivity (Wildman–Crippen MR) is 132 cm³/mol. The van der Waals surface area contributed by atoms with Gasteiger partial charge in [0.25, 0.3) is 0 Å². The van der Waals surface area contributed by atoms with E-state index in [1.165, 1.54) is 25.4 Å². The van der Waals surface area contributed by atoms with Crippen LogP contribution in [0.4, 0.5) is 36.4 Å². The molecule has 0 saturated carbocycles. The molecule has 4 rings (SSSR count). The van der Waals surface area contributed by atoms with E-state index in [1.54, 1.807) is 12.1 Å². The van der Waals surface area contributed by atoms with E-state index in [1.807, 2.05) is 30.0 Å². The molecule has 1 saturated heterocycles. The number of alkyl halides is 3. The second-order valence-electron chi connectivity index (χ2n) is 8.63. The minimum atomic E-state index is -4.71. The average molecular weight is 517 g/mol. The summed E-state index contributed by atoms with van der Waals surface area (Å²) in [7, 11) is 0. The second-order valence-corrected chi connectivity index (χ2v) is 8.63. The van der Waals surface area contributed by atoms with Crippen LogP contribution in [0.25, 0.3) is 0 Å². The van der Waals surface area contributed by atoms with Gasteiger partial charge in [0, 0.05) is 31.4 Å². The summed E-state index contributed by atoms with van der Waals surface area (Å²) in [4.78, 5) is 26.5. The van der Waals surface area contributed by atoms with Gasteiger partial charge in [0.1, 0.15) is 12.1 Å². The molecule has 0 unspecified atom stereocenters. The van der Waals surface area contributed by atoms with E-state index in [2.05, 4.69) is 30.3 Å². The fourth-order valence-corrected chi connectivity index (χ4v) is 3.88. The second kappa shape index (κ2) is 11.4. The summed E-state index contributed by atoms with van der Waals surface area (Å²) in [6.45, 7) is 5.04. The molecule has 12 heteroatoms. The van der Waals surface area contributed by atoms with Crippen molar-refractivity contribution in [3.63, 3.8) is 0 Å². The van der Waals surface area contributed by atoms with Crippen molar-refractivity contribution >= 4 is 29.2 Å². The number of anilines is 4. The van der Waals surface area contributed by atoms with Crippen molar-refractivity contribution in [3.05, 3.63) is 59.9 Å². The van der Waals surface area contributed by atoms with E-state index in [4.69, 9.17) is 4.74 Å². The first-order valence-electron chi connectivity index (χ1n) is 11.7. The molecule has 196 valence electrons. The average Bonchev–Trinajstić information content (AvgIpc) is 2.85. The van der Waals surface area contributed by atoms with Crippen molar-refractivity contribution in [3.8, 4) is 5.75 Å². The lowest BCUT2D eigenvalue weighted by Crippen LogP contribution is -2.38. The molecule has 1 aliphatic rings. The Balaban J connectivity index is 1.28. The summed E-state index contributed by atoms with van der Waals surface area (Å²) in [5.74, 6) is 0.527. The molecule has 37 heavy (non-hydrogen) atoms. The van der Waals surface area contributed by atoms with Gasteiger partial charge in [-0.1, -0.05) is 18.2 Å². The topological polar surface area (TPSA) is 102 Å². The number of ether oxygens (including phenoxy) is 2. The van der Waals surface area contributed by atoms with Gasteiger partial charge in [-0.05, 0) is 55.2 Å². The molecule has 1 amide bonds. The Hall–Kier alpha value is -3.93. The number of halogens is 3. The number of carbonyl (C=O) groups excluding carboxylic acids is 1. The molecule has 0 radical (unpaired) electrons. The molecule has 0 spiro atoms. The van der Waals surface area contributed by atoms with Gasteiger partial charge in [0.05, 0.1) is 12.7 Å². The van der Waals surface area contributed by atoms with Crippen LogP contribution in [0, 0.1) is 6.92 Å². The van der Waals surface area contributed by atoms with Gasteiger partial charge in [-0.25, -0.2) is 9.97 Å². The first-order chi connectivity index (χ1) is 17.6. The summed E-state index contributed by atoms with van der Waals surface area (Å²) < 4.78 is 46.7. The van der Waals surface area contributed by atoms with Crippen LogP contribution in [0.5, 0.6) is 5.75 Å². The minimum Gasteiger partial charge on any atom is -0.406 e. The van der Waals surface area contributed by atoms with E-state index in [0.717, 1.165) is 29.7 Å². The van der Waals surface area contributed by atoms with Crippen LogP contribution in [0.2, 0.25) is 0 Å². The molecule has 2 N–H and O–H groups in total. The number of aryl methyl sites for hydroxylation is 1. The molecule has 0 aliphatic carbocycles. The van der Waals surface area contributed by atoms with Gasteiger partial charge < -0.3 is 25.0 Å². The Morgan fingerprint density at radius 3 is 2.51 bits per heavy atom. The van der Waals surface area contributed by atoms with Crippen LogP contribution >= 0.6 is 0 Å². The fraction of sp³-hybridized carbons (Fsp3) is 0.360. The highest BCUT2D eigenvalue weighted by Gasteiger charge is 2.31. The molecule has 1 aliphatic heterocycles. The Bertz CT molecular complexity index is 1220. The molecule has 2 heterocycles. The van der Waals surface area contributed by atoms with Gasteiger partial charge in [-0.15, -0.1) is 13.2 Å². The minimum absolute atomic E-state index is 0.0153. The van der Waals surface area contributed by atoms with Crippen molar-refractivity contribution < 1.29 is 27.4 Å². The van der Waals surface area contributed by atoms with Gasteiger partial charge in [0.15, 0.2) is 0 Å². The summed E-state index contributed by atoms with van der Waals surface area (Å²) in [6, 6.07) is 11.3. The molecule has 2 aromatic carbocycles. The van der Waals surface area contributed by atoms with Gasteiger partial charge >= 0.3 is 6.36 Å². The number of hydrogen-bond donors (Lipinski definition) is 2. The number of nitrogens with zero attached hydrogens (tertiary/aromatic N) is 4. The third kappa shape index (κ3) is 7.78. The monoisotopic (exact) mass is 516 g/mol. The molecule has 0 bridgehead atoms. The molecule has 9 nitrogen and oxygen atoms in total. The SMILES string of the molecule is CC(=O)Nc1cc(Nc2ncnc(N3CCC(OCc4ccc(OC(F)(F)F)cc4)CC3)n2)ccc1C. The van der Waals surface area contributed by atoms with E-state index in [9.17, 15) is 18.0 Å². The van der Waals surface area contributed by atoms with Crippen molar-refractivity contribution in [2.75, 3.05) is 28.6 Å². The van der Waals surface area contributed by atoms with E-state index in [0.29, 0.717) is 37.3 Å². The number of piperidine rings is 1. The maximum atomic E-state index is 12.3. The number of aromatic nitrogens is 3. The maximum Gasteiger partial charge on any atom is 0.573 e. The molecule has 3 aromatic rings. The zero-order valence-electron chi connectivity index (χ0n) is 20.4. The summed E-state index contributed by atoms with van der Waals surface area (Å²) in [5.41, 5.74) is 3.15. The summed E-state index contributed by atoms with van der Waals surface area (Å²) in [5, 5.41) is 5.95. The molecule has 0 atom stereocenters. The smallest absolute Gasteiger partial charge is 0.406 e. The number of rotatable bonds is 8. The Morgan fingerprint density at radius 1 is 1.11 bits per heavy atom. The zero-order valence-corrected chi connectivity index (χ0v) is 20.4. The van der Waals surface area contributed by atoms with E-state index in [-0.39, 0.29) is 17.8 Å². The lowest BCUT2D eigenvalue weighted by molar-refractivity contribution is -0.274. The highest BCUT2D eigenvalue weighted by molar-refractivity contribution is 5.90. The summed E-state index contributed by atoms with van der Waals surface area (Å²) >= 11 is 0. The molecular weight excluding hydrogens is 489 g/mol. The summed E-state index contributed by atoms with van der Waals surface area (Å²) in [6.07, 6.45) is -1.74.